The maximum Gasteiger partial charge on any atom is 0.243 e. The lowest BCUT2D eigenvalue weighted by Crippen LogP contribution is -2.36. The van der Waals surface area contributed by atoms with Gasteiger partial charge in [0, 0.05) is 24.0 Å². The Hall–Kier alpha value is -2.49. The van der Waals surface area contributed by atoms with E-state index in [0.717, 1.165) is 43.9 Å². The normalized spacial score (nSPS) is 13.1. The third-order valence-corrected chi connectivity index (χ3v) is 5.18. The number of nitrogens with zero attached hydrogens (tertiary/aromatic N) is 1. The Balaban J connectivity index is 1.48. The van der Waals surface area contributed by atoms with Crippen LogP contribution in [0.1, 0.15) is 51.0 Å². The summed E-state index contributed by atoms with van der Waals surface area (Å²) in [6, 6.07) is 16.1. The fourth-order valence-electron chi connectivity index (χ4n) is 3.71. The molecule has 1 aliphatic rings. The van der Waals surface area contributed by atoms with Crippen molar-refractivity contribution in [3.8, 4) is 5.75 Å². The predicted molar refractivity (Wildman–Crippen MR) is 116 cm³/mol. The Labute approximate surface area is 168 Å². The Bertz CT molecular complexity index is 760. The summed E-state index contributed by atoms with van der Waals surface area (Å²) in [7, 11) is 0. The van der Waals surface area contributed by atoms with Gasteiger partial charge in [0.2, 0.25) is 5.91 Å². The van der Waals surface area contributed by atoms with Crippen molar-refractivity contribution in [2.24, 2.45) is 0 Å². The van der Waals surface area contributed by atoms with Crippen molar-refractivity contribution in [3.05, 3.63) is 54.1 Å². The van der Waals surface area contributed by atoms with E-state index >= 15 is 0 Å². The molecule has 0 radical (unpaired) electrons. The number of benzene rings is 2. The molecule has 0 aliphatic carbocycles. The lowest BCUT2D eigenvalue weighted by atomic mass is 10.0. The number of carbonyl (C=O) groups is 1. The van der Waals surface area contributed by atoms with Crippen molar-refractivity contribution < 1.29 is 9.53 Å². The minimum Gasteiger partial charge on any atom is -0.494 e. The van der Waals surface area contributed by atoms with Gasteiger partial charge in [-0.15, -0.1) is 0 Å². The molecule has 0 saturated heterocycles. The molecule has 1 amide bonds. The SMILES string of the molecule is CCCCCCCOc1cccc(NC(=O)CN2CCCc3ccccc32)c1. The first-order valence-electron chi connectivity index (χ1n) is 10.6. The number of anilines is 2. The minimum absolute atomic E-state index is 0.00780. The molecule has 0 saturated carbocycles. The van der Waals surface area contributed by atoms with E-state index in [0.29, 0.717) is 6.54 Å². The highest BCUT2D eigenvalue weighted by molar-refractivity contribution is 5.94. The van der Waals surface area contributed by atoms with Crippen LogP contribution in [-0.2, 0) is 11.2 Å². The second-order valence-corrected chi connectivity index (χ2v) is 7.49. The molecule has 4 heteroatoms. The number of carbonyl (C=O) groups excluding carboxylic acids is 1. The van der Waals surface area contributed by atoms with Gasteiger partial charge in [0.1, 0.15) is 5.75 Å². The zero-order valence-corrected chi connectivity index (χ0v) is 17.0. The number of hydrogen-bond donors (Lipinski definition) is 1. The first kappa shape index (κ1) is 20.2. The Kier molecular flexibility index (Phi) is 7.77. The van der Waals surface area contributed by atoms with Crippen molar-refractivity contribution in [1.29, 1.82) is 0 Å². The highest BCUT2D eigenvalue weighted by atomic mass is 16.5. The van der Waals surface area contributed by atoms with Gasteiger partial charge in [-0.2, -0.15) is 0 Å². The molecular weight excluding hydrogens is 348 g/mol. The van der Waals surface area contributed by atoms with Crippen LogP contribution < -0.4 is 15.0 Å². The van der Waals surface area contributed by atoms with Gasteiger partial charge < -0.3 is 15.0 Å². The van der Waals surface area contributed by atoms with Crippen LogP contribution in [0.15, 0.2) is 48.5 Å². The molecule has 1 N–H and O–H groups in total. The van der Waals surface area contributed by atoms with Gasteiger partial charge in [-0.05, 0) is 43.0 Å². The van der Waals surface area contributed by atoms with Gasteiger partial charge in [0.05, 0.1) is 13.2 Å². The number of rotatable bonds is 10. The molecule has 0 bridgehead atoms. The van der Waals surface area contributed by atoms with Crippen LogP contribution in [0.2, 0.25) is 0 Å². The van der Waals surface area contributed by atoms with E-state index in [9.17, 15) is 4.79 Å². The van der Waals surface area contributed by atoms with Crippen LogP contribution in [-0.4, -0.2) is 25.6 Å². The van der Waals surface area contributed by atoms with Crippen molar-refractivity contribution >= 4 is 17.3 Å². The van der Waals surface area contributed by atoms with Crippen LogP contribution in [0.25, 0.3) is 0 Å². The third kappa shape index (κ3) is 6.01. The van der Waals surface area contributed by atoms with Gasteiger partial charge in [-0.1, -0.05) is 56.9 Å². The summed E-state index contributed by atoms with van der Waals surface area (Å²) in [4.78, 5) is 14.7. The van der Waals surface area contributed by atoms with E-state index in [1.165, 1.54) is 36.9 Å². The Morgan fingerprint density at radius 3 is 2.82 bits per heavy atom. The number of nitrogens with one attached hydrogen (secondary N) is 1. The van der Waals surface area contributed by atoms with Crippen LogP contribution in [0.4, 0.5) is 11.4 Å². The molecule has 150 valence electrons. The van der Waals surface area contributed by atoms with E-state index in [1.807, 2.05) is 30.3 Å². The average molecular weight is 381 g/mol. The summed E-state index contributed by atoms with van der Waals surface area (Å²) in [5.41, 5.74) is 3.30. The summed E-state index contributed by atoms with van der Waals surface area (Å²) in [6.07, 6.45) is 8.29. The first-order valence-corrected chi connectivity index (χ1v) is 10.6. The van der Waals surface area contributed by atoms with Gasteiger partial charge in [0.15, 0.2) is 0 Å². The monoisotopic (exact) mass is 380 g/mol. The predicted octanol–water partition coefficient (Wildman–Crippen LogP) is 5.43. The zero-order valence-electron chi connectivity index (χ0n) is 17.0. The Morgan fingerprint density at radius 1 is 1.07 bits per heavy atom. The molecule has 28 heavy (non-hydrogen) atoms. The summed E-state index contributed by atoms with van der Waals surface area (Å²) >= 11 is 0. The fraction of sp³-hybridized carbons (Fsp3) is 0.458. The number of unbranched alkanes of at least 4 members (excludes halogenated alkanes) is 4. The molecule has 0 spiro atoms. The maximum atomic E-state index is 12.6. The molecule has 1 aliphatic heterocycles. The van der Waals surface area contributed by atoms with E-state index in [1.54, 1.807) is 0 Å². The van der Waals surface area contributed by atoms with Gasteiger partial charge >= 0.3 is 0 Å². The van der Waals surface area contributed by atoms with Crippen LogP contribution >= 0.6 is 0 Å². The second kappa shape index (κ2) is 10.7. The minimum atomic E-state index is 0.00780. The molecule has 3 rings (SSSR count). The standard InChI is InChI=1S/C24H32N2O2/c1-2-3-4-5-8-17-28-22-14-9-13-21(18-22)25-24(27)19-26-16-10-12-20-11-6-7-15-23(20)26/h6-7,9,11,13-15,18H,2-5,8,10,12,16-17,19H2,1H3,(H,25,27). The van der Waals surface area contributed by atoms with Gasteiger partial charge in [-0.3, -0.25) is 4.79 Å². The van der Waals surface area contributed by atoms with E-state index < -0.39 is 0 Å². The summed E-state index contributed by atoms with van der Waals surface area (Å²) in [5, 5.41) is 3.02. The maximum absolute atomic E-state index is 12.6. The van der Waals surface area contributed by atoms with Crippen LogP contribution in [0, 0.1) is 0 Å². The molecule has 0 fully saturated rings. The smallest absolute Gasteiger partial charge is 0.243 e. The van der Waals surface area contributed by atoms with Crippen LogP contribution in [0.5, 0.6) is 5.75 Å². The summed E-state index contributed by atoms with van der Waals surface area (Å²) in [6.45, 7) is 4.25. The highest BCUT2D eigenvalue weighted by Gasteiger charge is 2.18. The quantitative estimate of drug-likeness (QED) is 0.559. The van der Waals surface area contributed by atoms with Crippen molar-refractivity contribution in [3.63, 3.8) is 0 Å². The zero-order chi connectivity index (χ0) is 19.6. The Morgan fingerprint density at radius 2 is 1.93 bits per heavy atom. The number of amides is 1. The molecule has 0 unspecified atom stereocenters. The molecule has 0 atom stereocenters. The summed E-state index contributed by atoms with van der Waals surface area (Å²) < 4.78 is 5.84. The number of fused-ring (bicyclic) bond motifs is 1. The van der Waals surface area contributed by atoms with Crippen molar-refractivity contribution in [1.82, 2.24) is 0 Å². The largest absolute Gasteiger partial charge is 0.494 e. The second-order valence-electron chi connectivity index (χ2n) is 7.49. The number of ether oxygens (including phenoxy) is 1. The van der Waals surface area contributed by atoms with E-state index in [-0.39, 0.29) is 5.91 Å². The first-order chi connectivity index (χ1) is 13.8. The van der Waals surface area contributed by atoms with E-state index in [4.69, 9.17) is 4.74 Å². The van der Waals surface area contributed by atoms with Crippen molar-refractivity contribution in [2.75, 3.05) is 29.9 Å². The molecule has 2 aromatic rings. The van der Waals surface area contributed by atoms with Crippen LogP contribution in [0.3, 0.4) is 0 Å². The molecule has 1 heterocycles. The summed E-state index contributed by atoms with van der Waals surface area (Å²) in [5.74, 6) is 0.824. The number of aryl methyl sites for hydroxylation is 1. The lowest BCUT2D eigenvalue weighted by Gasteiger charge is -2.30. The molecule has 4 nitrogen and oxygen atoms in total. The van der Waals surface area contributed by atoms with Gasteiger partial charge in [0.25, 0.3) is 0 Å². The molecule has 2 aromatic carbocycles. The van der Waals surface area contributed by atoms with Gasteiger partial charge in [-0.25, -0.2) is 0 Å². The molecule has 0 aromatic heterocycles. The fourth-order valence-corrected chi connectivity index (χ4v) is 3.71. The highest BCUT2D eigenvalue weighted by Crippen LogP contribution is 2.26. The van der Waals surface area contributed by atoms with Crippen molar-refractivity contribution in [2.45, 2.75) is 51.9 Å². The lowest BCUT2D eigenvalue weighted by molar-refractivity contribution is -0.115. The average Bonchev–Trinajstić information content (AvgIpc) is 2.71. The number of para-hydroxylation sites is 1. The molecular formula is C24H32N2O2. The topological polar surface area (TPSA) is 41.6 Å². The van der Waals surface area contributed by atoms with E-state index in [2.05, 4.69) is 35.3 Å². The third-order valence-electron chi connectivity index (χ3n) is 5.18. The number of hydrogen-bond acceptors (Lipinski definition) is 3.